The molecule has 1 saturated carbocycles. The number of nitrogens with zero attached hydrogens (tertiary/aromatic N) is 7. The summed E-state index contributed by atoms with van der Waals surface area (Å²) in [5.74, 6) is 2.38. The van der Waals surface area contributed by atoms with E-state index in [1.807, 2.05) is 45.5 Å². The fraction of sp³-hybridized carbons (Fsp3) is 0.579. The van der Waals surface area contributed by atoms with Crippen molar-refractivity contribution in [3.63, 3.8) is 0 Å². The molecule has 5 heterocycles. The molecule has 3 fully saturated rings. The summed E-state index contributed by atoms with van der Waals surface area (Å²) in [6, 6.07) is 6.06. The first-order valence-corrected chi connectivity index (χ1v) is 19.5. The summed E-state index contributed by atoms with van der Waals surface area (Å²) in [6.45, 7) is 13.5. The summed E-state index contributed by atoms with van der Waals surface area (Å²) in [6.07, 6.45) is 13.5. The van der Waals surface area contributed by atoms with Crippen LogP contribution in [-0.4, -0.2) is 113 Å². The van der Waals surface area contributed by atoms with Gasteiger partial charge in [-0.25, -0.2) is 14.4 Å². The van der Waals surface area contributed by atoms with Gasteiger partial charge in [0.05, 0.1) is 11.8 Å². The van der Waals surface area contributed by atoms with Gasteiger partial charge in [0, 0.05) is 81.1 Å². The molecule has 0 bridgehead atoms. The number of hydrogen-bond donors (Lipinski definition) is 0. The normalized spacial score (nSPS) is 20.1. The van der Waals surface area contributed by atoms with Crippen molar-refractivity contribution in [3.05, 3.63) is 65.6 Å². The van der Waals surface area contributed by atoms with Gasteiger partial charge in [0.15, 0.2) is 11.6 Å². The highest BCUT2D eigenvalue weighted by atomic mass is 32.2. The molecule has 0 N–H and O–H groups in total. The van der Waals surface area contributed by atoms with E-state index in [1.165, 1.54) is 55.3 Å². The number of carbonyl (C=O) groups excluding carboxylic acids is 1. The molecule has 12 heteroatoms. The third-order valence-electron chi connectivity index (χ3n) is 10.4. The van der Waals surface area contributed by atoms with Gasteiger partial charge in [-0.2, -0.15) is 11.8 Å². The summed E-state index contributed by atoms with van der Waals surface area (Å²) in [7, 11) is 2.22. The van der Waals surface area contributed by atoms with E-state index in [4.69, 9.17) is 14.5 Å². The topological polar surface area (TPSA) is 87.2 Å². The van der Waals surface area contributed by atoms with Crippen molar-refractivity contribution in [2.24, 2.45) is 11.3 Å². The molecule has 4 aliphatic rings. The largest absolute Gasteiger partial charge is 0.490 e. The molecule has 270 valence electrons. The van der Waals surface area contributed by atoms with Crippen LogP contribution in [0.2, 0.25) is 0 Å². The number of thioether (sulfide) groups is 1. The number of benzene rings is 1. The minimum atomic E-state index is -0.488. The number of carbonyl (C=O) groups is 1. The molecule has 3 aliphatic heterocycles. The van der Waals surface area contributed by atoms with Crippen LogP contribution >= 0.6 is 11.8 Å². The average Bonchev–Trinajstić information content (AvgIpc) is 3.47. The van der Waals surface area contributed by atoms with Gasteiger partial charge >= 0.3 is 0 Å². The van der Waals surface area contributed by atoms with Gasteiger partial charge in [-0.05, 0) is 96.3 Å². The third kappa shape index (κ3) is 8.02. The monoisotopic (exact) mass is 705 g/mol. The molecular weight excluding hydrogens is 654 g/mol. The van der Waals surface area contributed by atoms with Crippen molar-refractivity contribution >= 4 is 23.5 Å². The lowest BCUT2D eigenvalue weighted by Gasteiger charge is -2.59. The lowest BCUT2D eigenvalue weighted by molar-refractivity contribution is -0.0353. The van der Waals surface area contributed by atoms with E-state index in [0.717, 1.165) is 63.7 Å². The number of anilines is 1. The van der Waals surface area contributed by atoms with Crippen LogP contribution in [0.3, 0.4) is 0 Å². The van der Waals surface area contributed by atoms with E-state index in [9.17, 15) is 9.18 Å². The van der Waals surface area contributed by atoms with Crippen LogP contribution in [0.5, 0.6) is 17.2 Å². The van der Waals surface area contributed by atoms with Crippen LogP contribution < -0.4 is 14.4 Å². The van der Waals surface area contributed by atoms with E-state index in [-0.39, 0.29) is 34.8 Å². The summed E-state index contributed by atoms with van der Waals surface area (Å²) in [5, 5.41) is 0. The lowest BCUT2D eigenvalue weighted by atomic mass is 9.61. The van der Waals surface area contributed by atoms with Crippen molar-refractivity contribution in [3.8, 4) is 17.2 Å². The second kappa shape index (κ2) is 15.8. The standard InChI is InChI=1S/C36H46FN7O3.C2H6S/c1-5-44(24(2)3)35(45)28-14-26(37)6-7-31(28)47-33-17-38-23-40-34(33)43-21-36(22-43)15-27(16-36)46-32-8-11-39-30-10-13-42(20-29(30)32)19-25-9-12-41(4)18-25;1-3-2/h6-8,11,14,17,23-25,27H,5,9-10,12-13,15-16,18-22H2,1-4H3;1-2H3. The molecule has 2 aromatic heterocycles. The second-order valence-electron chi connectivity index (χ2n) is 14.7. The van der Waals surface area contributed by atoms with E-state index in [1.54, 1.807) is 22.9 Å². The zero-order chi connectivity index (χ0) is 35.4. The van der Waals surface area contributed by atoms with Gasteiger partial charge in [-0.3, -0.25) is 14.7 Å². The van der Waals surface area contributed by atoms with Gasteiger partial charge in [-0.15, -0.1) is 0 Å². The SMILES string of the molecule is CCN(C(=O)c1cc(F)ccc1Oc1cncnc1N1CC2(CC(Oc3ccnc4c3CN(CC3CCN(C)C3)CC4)C2)C1)C(C)C.CSC. The maximum atomic E-state index is 14.3. The number of hydrogen-bond acceptors (Lipinski definition) is 10. The molecule has 1 spiro atoms. The molecule has 10 nitrogen and oxygen atoms in total. The fourth-order valence-corrected chi connectivity index (χ4v) is 8.01. The Hall–Kier alpha value is -3.48. The number of ether oxygens (including phenoxy) is 2. The van der Waals surface area contributed by atoms with Crippen LogP contribution in [0, 0.1) is 17.2 Å². The Morgan fingerprint density at radius 3 is 2.60 bits per heavy atom. The van der Waals surface area contributed by atoms with Crippen LogP contribution in [-0.2, 0) is 13.0 Å². The highest BCUT2D eigenvalue weighted by molar-refractivity contribution is 7.97. The molecular formula is C38H52FN7O3S. The predicted octanol–water partition coefficient (Wildman–Crippen LogP) is 6.01. The quantitative estimate of drug-likeness (QED) is 0.250. The van der Waals surface area contributed by atoms with Gasteiger partial charge in [0.25, 0.3) is 5.91 Å². The van der Waals surface area contributed by atoms with Gasteiger partial charge in [0.1, 0.15) is 29.7 Å². The van der Waals surface area contributed by atoms with E-state index in [2.05, 4.69) is 31.7 Å². The molecule has 2 saturated heterocycles. The minimum Gasteiger partial charge on any atom is -0.490 e. The summed E-state index contributed by atoms with van der Waals surface area (Å²) in [5.41, 5.74) is 2.80. The highest BCUT2D eigenvalue weighted by Crippen LogP contribution is 2.52. The Morgan fingerprint density at radius 2 is 1.90 bits per heavy atom. The summed E-state index contributed by atoms with van der Waals surface area (Å²) in [4.78, 5) is 35.7. The highest BCUT2D eigenvalue weighted by Gasteiger charge is 2.54. The van der Waals surface area contributed by atoms with Crippen molar-refractivity contribution < 1.29 is 18.7 Å². The summed E-state index contributed by atoms with van der Waals surface area (Å²) < 4.78 is 27.2. The first kappa shape index (κ1) is 36.3. The molecule has 0 radical (unpaired) electrons. The summed E-state index contributed by atoms with van der Waals surface area (Å²) >= 11 is 1.75. The number of rotatable bonds is 10. The van der Waals surface area contributed by atoms with Crippen LogP contribution in [0.15, 0.2) is 43.0 Å². The van der Waals surface area contributed by atoms with Crippen molar-refractivity contribution in [1.29, 1.82) is 0 Å². The average molecular weight is 706 g/mol. The van der Waals surface area contributed by atoms with Gasteiger partial charge in [0.2, 0.25) is 0 Å². The van der Waals surface area contributed by atoms with Crippen molar-refractivity contribution in [2.45, 2.75) is 65.1 Å². The molecule has 1 amide bonds. The second-order valence-corrected chi connectivity index (χ2v) is 15.5. The van der Waals surface area contributed by atoms with E-state index in [0.29, 0.717) is 18.1 Å². The van der Waals surface area contributed by atoms with Gasteiger partial charge < -0.3 is 24.2 Å². The maximum Gasteiger partial charge on any atom is 0.257 e. The third-order valence-corrected chi connectivity index (χ3v) is 10.4. The number of likely N-dealkylation sites (tertiary alicyclic amines) is 1. The molecule has 1 aliphatic carbocycles. The number of pyridine rings is 1. The fourth-order valence-electron chi connectivity index (χ4n) is 8.01. The smallest absolute Gasteiger partial charge is 0.257 e. The molecule has 7 rings (SSSR count). The Morgan fingerprint density at radius 1 is 1.12 bits per heavy atom. The Kier molecular flexibility index (Phi) is 11.5. The zero-order valence-electron chi connectivity index (χ0n) is 30.4. The number of aromatic nitrogens is 3. The van der Waals surface area contributed by atoms with E-state index < -0.39 is 5.82 Å². The molecule has 1 atom stereocenters. The van der Waals surface area contributed by atoms with Crippen LogP contribution in [0.4, 0.5) is 10.2 Å². The number of amides is 1. The molecule has 50 heavy (non-hydrogen) atoms. The van der Waals surface area contributed by atoms with Crippen LogP contribution in [0.25, 0.3) is 0 Å². The zero-order valence-corrected chi connectivity index (χ0v) is 31.2. The Labute approximate surface area is 300 Å². The molecule has 3 aromatic rings. The maximum absolute atomic E-state index is 14.3. The Bertz CT molecular complexity index is 1630. The molecule has 1 aromatic carbocycles. The van der Waals surface area contributed by atoms with Crippen molar-refractivity contribution in [1.82, 2.24) is 29.7 Å². The van der Waals surface area contributed by atoms with Gasteiger partial charge in [-0.1, -0.05) is 0 Å². The minimum absolute atomic E-state index is 0.0328. The first-order chi connectivity index (χ1) is 24.1. The predicted molar refractivity (Wildman–Crippen MR) is 197 cm³/mol. The number of halogens is 1. The number of fused-ring (bicyclic) bond motifs is 1. The molecule has 1 unspecified atom stereocenters. The van der Waals surface area contributed by atoms with Crippen LogP contribution in [0.1, 0.15) is 61.6 Å². The van der Waals surface area contributed by atoms with Crippen molar-refractivity contribution in [2.75, 3.05) is 70.3 Å². The lowest BCUT2D eigenvalue weighted by Crippen LogP contribution is -2.65. The first-order valence-electron chi connectivity index (χ1n) is 17.9. The van der Waals surface area contributed by atoms with E-state index >= 15 is 0 Å². The Balaban J connectivity index is 0.00000139.